The van der Waals surface area contributed by atoms with Crippen LogP contribution in [0.25, 0.3) is 6.08 Å². The molecule has 1 rings (SSSR count). The maximum atomic E-state index is 3.85. The Bertz CT molecular complexity index is 358. The summed E-state index contributed by atoms with van der Waals surface area (Å²) >= 11 is 0. The molecule has 0 saturated carbocycles. The quantitative estimate of drug-likeness (QED) is 0.607. The van der Waals surface area contributed by atoms with Crippen molar-refractivity contribution >= 4 is 6.08 Å². The van der Waals surface area contributed by atoms with Gasteiger partial charge < -0.3 is 0 Å². The third kappa shape index (κ3) is 2.59. The Labute approximate surface area is 87.0 Å². The van der Waals surface area contributed by atoms with E-state index in [1.807, 2.05) is 13.0 Å². The van der Waals surface area contributed by atoms with Gasteiger partial charge in [-0.1, -0.05) is 36.4 Å². The Hall–Kier alpha value is -1.30. The zero-order chi connectivity index (χ0) is 10.7. The van der Waals surface area contributed by atoms with Crippen LogP contribution in [0.3, 0.4) is 0 Å². The molecule has 14 heavy (non-hydrogen) atoms. The second-order valence-corrected chi connectivity index (χ2v) is 3.96. The number of aryl methyl sites for hydroxylation is 2. The van der Waals surface area contributed by atoms with Gasteiger partial charge in [0.15, 0.2) is 0 Å². The first-order valence-corrected chi connectivity index (χ1v) is 4.92. The first-order chi connectivity index (χ1) is 6.50. The van der Waals surface area contributed by atoms with E-state index in [0.29, 0.717) is 0 Å². The van der Waals surface area contributed by atoms with Crippen LogP contribution in [-0.2, 0) is 0 Å². The Kier molecular flexibility index (Phi) is 3.29. The van der Waals surface area contributed by atoms with E-state index in [2.05, 4.69) is 45.6 Å². The highest BCUT2D eigenvalue weighted by Crippen LogP contribution is 2.16. The number of hydrogen-bond donors (Lipinski definition) is 0. The molecular formula is C14H18. The first kappa shape index (κ1) is 10.8. The molecule has 0 bridgehead atoms. The molecule has 0 spiro atoms. The van der Waals surface area contributed by atoms with Crippen LogP contribution in [-0.4, -0.2) is 0 Å². The van der Waals surface area contributed by atoms with Crippen molar-refractivity contribution in [2.75, 3.05) is 0 Å². The molecule has 0 saturated heterocycles. The fraction of sp³-hybridized carbons (Fsp3) is 0.286. The first-order valence-electron chi connectivity index (χ1n) is 4.92. The molecule has 0 radical (unpaired) electrons. The fourth-order valence-corrected chi connectivity index (χ4v) is 1.40. The maximum absolute atomic E-state index is 3.85. The Morgan fingerprint density at radius 2 is 1.64 bits per heavy atom. The number of rotatable bonds is 2. The van der Waals surface area contributed by atoms with Gasteiger partial charge in [-0.25, -0.2) is 0 Å². The van der Waals surface area contributed by atoms with E-state index < -0.39 is 0 Å². The van der Waals surface area contributed by atoms with Gasteiger partial charge in [-0.05, 0) is 49.9 Å². The molecule has 74 valence electrons. The molecule has 0 aromatic heterocycles. The number of allylic oxidation sites excluding steroid dienone is 2. The van der Waals surface area contributed by atoms with Gasteiger partial charge in [0, 0.05) is 0 Å². The van der Waals surface area contributed by atoms with Gasteiger partial charge in [0.05, 0.1) is 0 Å². The smallest absolute Gasteiger partial charge is 0.0251 e. The molecule has 1 aromatic rings. The molecular weight excluding hydrogens is 168 g/mol. The van der Waals surface area contributed by atoms with Gasteiger partial charge >= 0.3 is 0 Å². The van der Waals surface area contributed by atoms with Crippen LogP contribution in [0.4, 0.5) is 0 Å². The lowest BCUT2D eigenvalue weighted by molar-refractivity contribution is 1.26. The van der Waals surface area contributed by atoms with Crippen LogP contribution in [0, 0.1) is 20.8 Å². The van der Waals surface area contributed by atoms with Crippen molar-refractivity contribution in [1.82, 2.24) is 0 Å². The van der Waals surface area contributed by atoms with E-state index in [4.69, 9.17) is 0 Å². The van der Waals surface area contributed by atoms with Crippen molar-refractivity contribution in [3.8, 4) is 0 Å². The second kappa shape index (κ2) is 4.28. The molecule has 1 aromatic carbocycles. The average molecular weight is 186 g/mol. The Balaban J connectivity index is 3.07. The van der Waals surface area contributed by atoms with Crippen molar-refractivity contribution in [2.45, 2.75) is 27.7 Å². The van der Waals surface area contributed by atoms with E-state index in [9.17, 15) is 0 Å². The highest BCUT2D eigenvalue weighted by atomic mass is 14.0. The third-order valence-electron chi connectivity index (χ3n) is 2.51. The predicted molar refractivity (Wildman–Crippen MR) is 64.5 cm³/mol. The number of hydrogen-bond acceptors (Lipinski definition) is 0. The van der Waals surface area contributed by atoms with Crippen molar-refractivity contribution in [3.05, 3.63) is 52.6 Å². The summed E-state index contributed by atoms with van der Waals surface area (Å²) in [5, 5.41) is 0. The lowest BCUT2D eigenvalue weighted by Crippen LogP contribution is -1.87. The molecule has 0 aliphatic heterocycles. The topological polar surface area (TPSA) is 0 Å². The Morgan fingerprint density at radius 1 is 1.14 bits per heavy atom. The molecule has 0 aliphatic carbocycles. The third-order valence-corrected chi connectivity index (χ3v) is 2.51. The van der Waals surface area contributed by atoms with E-state index in [-0.39, 0.29) is 0 Å². The average Bonchev–Trinajstić information content (AvgIpc) is 2.10. The maximum Gasteiger partial charge on any atom is -0.0251 e. The summed E-state index contributed by atoms with van der Waals surface area (Å²) in [7, 11) is 0. The van der Waals surface area contributed by atoms with E-state index in [0.717, 1.165) is 5.57 Å². The molecule has 0 nitrogen and oxygen atoms in total. The predicted octanol–water partition coefficient (Wildman–Crippen LogP) is 4.20. The Morgan fingerprint density at radius 3 is 2.07 bits per heavy atom. The summed E-state index contributed by atoms with van der Waals surface area (Å²) in [5.41, 5.74) is 6.43. The largest absolute Gasteiger partial charge is 0.0961 e. The van der Waals surface area contributed by atoms with Gasteiger partial charge in [-0.15, -0.1) is 0 Å². The molecule has 0 heteroatoms. The van der Waals surface area contributed by atoms with Crippen LogP contribution < -0.4 is 0 Å². The van der Waals surface area contributed by atoms with Gasteiger partial charge in [0.1, 0.15) is 0 Å². The fourth-order valence-electron chi connectivity index (χ4n) is 1.40. The highest BCUT2D eigenvalue weighted by molar-refractivity contribution is 5.56. The van der Waals surface area contributed by atoms with E-state index >= 15 is 0 Å². The molecule has 0 N–H and O–H groups in total. The lowest BCUT2D eigenvalue weighted by atomic mass is 10.0. The van der Waals surface area contributed by atoms with Crippen LogP contribution in [0.15, 0.2) is 30.4 Å². The SMILES string of the molecule is C=C(C)/C=C/c1cc(C)c(C)c(C)c1. The zero-order valence-electron chi connectivity index (χ0n) is 9.52. The van der Waals surface area contributed by atoms with Crippen LogP contribution in [0.1, 0.15) is 29.2 Å². The summed E-state index contributed by atoms with van der Waals surface area (Å²) in [5.74, 6) is 0. The van der Waals surface area contributed by atoms with E-state index in [1.54, 1.807) is 0 Å². The molecule has 0 fully saturated rings. The summed E-state index contributed by atoms with van der Waals surface area (Å²) in [6.07, 6.45) is 4.16. The standard InChI is InChI=1S/C14H18/c1-10(2)6-7-14-8-11(3)13(5)12(4)9-14/h6-9H,1H2,2-5H3/b7-6+. The minimum Gasteiger partial charge on any atom is -0.0961 e. The lowest BCUT2D eigenvalue weighted by Gasteiger charge is -2.06. The van der Waals surface area contributed by atoms with Gasteiger partial charge in [0.25, 0.3) is 0 Å². The van der Waals surface area contributed by atoms with Gasteiger partial charge in [-0.3, -0.25) is 0 Å². The molecule has 0 atom stereocenters. The summed E-state index contributed by atoms with van der Waals surface area (Å²) in [6, 6.07) is 4.42. The summed E-state index contributed by atoms with van der Waals surface area (Å²) in [6.45, 7) is 12.3. The number of benzene rings is 1. The minimum atomic E-state index is 1.08. The normalized spacial score (nSPS) is 10.9. The van der Waals surface area contributed by atoms with Crippen molar-refractivity contribution in [1.29, 1.82) is 0 Å². The van der Waals surface area contributed by atoms with E-state index in [1.165, 1.54) is 22.3 Å². The monoisotopic (exact) mass is 186 g/mol. The molecule has 0 aliphatic rings. The second-order valence-electron chi connectivity index (χ2n) is 3.96. The minimum absolute atomic E-state index is 1.08. The summed E-state index contributed by atoms with van der Waals surface area (Å²) < 4.78 is 0. The van der Waals surface area contributed by atoms with Crippen LogP contribution >= 0.6 is 0 Å². The molecule has 0 amide bonds. The molecule has 0 unspecified atom stereocenters. The van der Waals surface area contributed by atoms with Crippen molar-refractivity contribution in [3.63, 3.8) is 0 Å². The van der Waals surface area contributed by atoms with Crippen LogP contribution in [0.2, 0.25) is 0 Å². The summed E-state index contributed by atoms with van der Waals surface area (Å²) in [4.78, 5) is 0. The molecule has 0 heterocycles. The zero-order valence-corrected chi connectivity index (χ0v) is 9.52. The van der Waals surface area contributed by atoms with Crippen molar-refractivity contribution < 1.29 is 0 Å². The van der Waals surface area contributed by atoms with Crippen molar-refractivity contribution in [2.24, 2.45) is 0 Å². The highest BCUT2D eigenvalue weighted by Gasteiger charge is 1.97. The van der Waals surface area contributed by atoms with Gasteiger partial charge in [0.2, 0.25) is 0 Å². The van der Waals surface area contributed by atoms with Crippen LogP contribution in [0.5, 0.6) is 0 Å². The van der Waals surface area contributed by atoms with Gasteiger partial charge in [-0.2, -0.15) is 0 Å².